The number of likely N-dealkylation sites (tertiary alicyclic amines) is 1. The van der Waals surface area contributed by atoms with Crippen molar-refractivity contribution in [1.82, 2.24) is 14.9 Å². The summed E-state index contributed by atoms with van der Waals surface area (Å²) in [6, 6.07) is 19.5. The van der Waals surface area contributed by atoms with Gasteiger partial charge in [0.1, 0.15) is 11.5 Å². The van der Waals surface area contributed by atoms with E-state index >= 15 is 0 Å². The van der Waals surface area contributed by atoms with Gasteiger partial charge in [-0.05, 0) is 30.3 Å². The van der Waals surface area contributed by atoms with Crippen molar-refractivity contribution in [2.75, 3.05) is 18.4 Å². The van der Waals surface area contributed by atoms with Gasteiger partial charge in [0.15, 0.2) is 11.7 Å². The third-order valence-electron chi connectivity index (χ3n) is 5.07. The number of halogens is 3. The molecule has 1 aromatic heterocycles. The summed E-state index contributed by atoms with van der Waals surface area (Å²) in [5.41, 5.74) is 5.60. The van der Waals surface area contributed by atoms with Crippen molar-refractivity contribution >= 4 is 25.5 Å². The fourth-order valence-electron chi connectivity index (χ4n) is 3.26. The molecule has 3 aromatic rings. The minimum absolute atomic E-state index is 0.0336. The van der Waals surface area contributed by atoms with E-state index in [1.165, 1.54) is 0 Å². The second kappa shape index (κ2) is 12.3. The fraction of sp³-hybridized carbons (Fsp3) is 0.217. The van der Waals surface area contributed by atoms with Crippen molar-refractivity contribution in [3.8, 4) is 11.5 Å². The van der Waals surface area contributed by atoms with Crippen LogP contribution >= 0.6 is 7.60 Å². The van der Waals surface area contributed by atoms with Crippen molar-refractivity contribution in [1.29, 1.82) is 5.41 Å². The lowest BCUT2D eigenvalue weighted by atomic mass is 10.0. The number of hydrogen-bond acceptors (Lipinski definition) is 8. The van der Waals surface area contributed by atoms with Crippen LogP contribution in [0.25, 0.3) is 0 Å². The summed E-state index contributed by atoms with van der Waals surface area (Å²) >= 11 is 0. The summed E-state index contributed by atoms with van der Waals surface area (Å²) in [5, 5.41) is 17.9. The number of benzene rings is 2. The molecule has 0 aliphatic carbocycles. The van der Waals surface area contributed by atoms with Gasteiger partial charge in [0.2, 0.25) is 5.95 Å². The second-order valence-corrected chi connectivity index (χ2v) is 9.86. The zero-order valence-corrected chi connectivity index (χ0v) is 20.5. The summed E-state index contributed by atoms with van der Waals surface area (Å²) in [6.07, 6.45) is -1.90. The molecule has 0 bridgehead atoms. The van der Waals surface area contributed by atoms with Crippen LogP contribution in [0, 0.1) is 11.3 Å². The summed E-state index contributed by atoms with van der Waals surface area (Å²) in [4.78, 5) is 19.0. The molecular formula is C23H24F3N6O5P. The number of nitrogens with zero attached hydrogens (tertiary/aromatic N) is 3. The first kappa shape index (κ1) is 28.3. The number of hydrogen-bond donors (Lipinski definition) is 4. The van der Waals surface area contributed by atoms with Gasteiger partial charge in [-0.2, -0.15) is 13.2 Å². The molecule has 15 heteroatoms. The average Bonchev–Trinajstić information content (AvgIpc) is 2.84. The van der Waals surface area contributed by atoms with Gasteiger partial charge in [-0.3, -0.25) is 5.41 Å². The molecular weight excluding hydrogens is 528 g/mol. The number of para-hydroxylation sites is 2. The molecule has 1 atom stereocenters. The molecule has 1 unspecified atom stereocenters. The van der Waals surface area contributed by atoms with E-state index < -0.39 is 25.5 Å². The third kappa shape index (κ3) is 7.84. The van der Waals surface area contributed by atoms with E-state index in [4.69, 9.17) is 30.1 Å². The fourth-order valence-corrected chi connectivity index (χ4v) is 5.33. The van der Waals surface area contributed by atoms with Gasteiger partial charge in [0.25, 0.3) is 0 Å². The summed E-state index contributed by atoms with van der Waals surface area (Å²) < 4.78 is 58.0. The van der Waals surface area contributed by atoms with Crippen molar-refractivity contribution in [3.05, 3.63) is 79.1 Å². The Labute approximate surface area is 215 Å². The largest absolute Gasteiger partial charge is 0.490 e. The first-order chi connectivity index (χ1) is 18.0. The van der Waals surface area contributed by atoms with E-state index in [2.05, 4.69) is 15.3 Å². The maximum Gasteiger partial charge on any atom is 0.490 e. The Morgan fingerprint density at radius 3 is 1.87 bits per heavy atom. The molecule has 2 heterocycles. The van der Waals surface area contributed by atoms with Gasteiger partial charge in [-0.25, -0.2) is 19.3 Å². The number of aliphatic carboxylic acids is 1. The van der Waals surface area contributed by atoms with Crippen molar-refractivity contribution in [2.24, 2.45) is 11.7 Å². The molecule has 0 spiro atoms. The van der Waals surface area contributed by atoms with E-state index in [0.717, 1.165) is 0 Å². The highest BCUT2D eigenvalue weighted by Gasteiger charge is 2.49. The van der Waals surface area contributed by atoms with Gasteiger partial charge in [0, 0.05) is 31.4 Å². The van der Waals surface area contributed by atoms with Crippen LogP contribution in [0.5, 0.6) is 11.5 Å². The molecule has 1 saturated heterocycles. The zero-order valence-electron chi connectivity index (χ0n) is 19.7. The van der Waals surface area contributed by atoms with Crippen molar-refractivity contribution < 1.29 is 36.7 Å². The van der Waals surface area contributed by atoms with Crippen LogP contribution in [-0.4, -0.2) is 57.0 Å². The molecule has 5 N–H and O–H groups in total. The zero-order chi connectivity index (χ0) is 27.8. The lowest BCUT2D eigenvalue weighted by Crippen LogP contribution is -2.58. The number of alkyl halides is 3. The Balaban J connectivity index is 0.000000505. The molecule has 1 fully saturated rings. The number of nitrogens with one attached hydrogen (secondary N) is 2. The highest BCUT2D eigenvalue weighted by Crippen LogP contribution is 2.56. The van der Waals surface area contributed by atoms with Crippen LogP contribution in [0.15, 0.2) is 79.1 Å². The minimum atomic E-state index is -5.08. The molecule has 4 rings (SSSR count). The van der Waals surface area contributed by atoms with Crippen LogP contribution in [0.2, 0.25) is 0 Å². The number of aromatic nitrogens is 2. The van der Waals surface area contributed by atoms with Crippen molar-refractivity contribution in [3.63, 3.8) is 0 Å². The smallest absolute Gasteiger partial charge is 0.475 e. The Bertz CT molecular complexity index is 1200. The van der Waals surface area contributed by atoms with E-state index in [1.807, 2.05) is 12.1 Å². The van der Waals surface area contributed by atoms with Crippen LogP contribution < -0.4 is 20.1 Å². The maximum absolute atomic E-state index is 14.3. The number of guanidine groups is 1. The standard InChI is InChI=1S/C21H23N6O3P.C2HF3O2/c22-20(23)27-14-16(15-27)19(26-21-24-12-7-13-25-21)31(28,29-17-8-3-1-4-9-17)30-18-10-5-2-6-11-18;3-2(4,5)1(6)7/h1-13,16,19H,14-15H2,(H3,22,23)(H,24,25,26);(H,6,7). The summed E-state index contributed by atoms with van der Waals surface area (Å²) in [6.45, 7) is 0.861. The lowest BCUT2D eigenvalue weighted by Gasteiger charge is -2.44. The topological polar surface area (TPSA) is 164 Å². The minimum Gasteiger partial charge on any atom is -0.475 e. The number of carboxylic acid groups (broad SMARTS) is 1. The Morgan fingerprint density at radius 2 is 1.47 bits per heavy atom. The Hall–Kier alpha value is -4.32. The van der Waals surface area contributed by atoms with Gasteiger partial charge < -0.3 is 30.1 Å². The van der Waals surface area contributed by atoms with Gasteiger partial charge in [0.05, 0.1) is 0 Å². The number of rotatable bonds is 8. The Morgan fingerprint density at radius 1 is 1.03 bits per heavy atom. The predicted octanol–water partition coefficient (Wildman–Crippen LogP) is 4.02. The summed E-state index contributed by atoms with van der Waals surface area (Å²) in [5.74, 6) is -2.59. The molecule has 1 aliphatic rings. The van der Waals surface area contributed by atoms with Crippen LogP contribution in [0.4, 0.5) is 19.1 Å². The van der Waals surface area contributed by atoms with E-state index in [9.17, 15) is 17.7 Å². The quantitative estimate of drug-likeness (QED) is 0.182. The molecule has 11 nitrogen and oxygen atoms in total. The number of carboxylic acids is 1. The first-order valence-electron chi connectivity index (χ1n) is 11.0. The highest BCUT2D eigenvalue weighted by molar-refractivity contribution is 7.55. The monoisotopic (exact) mass is 552 g/mol. The number of anilines is 1. The van der Waals surface area contributed by atoms with Gasteiger partial charge in [-0.1, -0.05) is 36.4 Å². The number of carbonyl (C=O) groups is 1. The average molecular weight is 552 g/mol. The molecule has 0 radical (unpaired) electrons. The van der Waals surface area contributed by atoms with Crippen LogP contribution in [0.1, 0.15) is 0 Å². The van der Waals surface area contributed by atoms with Crippen LogP contribution in [-0.2, 0) is 9.36 Å². The normalized spacial score (nSPS) is 14.2. The van der Waals surface area contributed by atoms with E-state index in [1.54, 1.807) is 71.9 Å². The highest BCUT2D eigenvalue weighted by atomic mass is 31.2. The van der Waals surface area contributed by atoms with Gasteiger partial charge in [-0.15, -0.1) is 0 Å². The molecule has 202 valence electrons. The lowest BCUT2D eigenvalue weighted by molar-refractivity contribution is -0.192. The molecule has 2 aromatic carbocycles. The molecule has 0 amide bonds. The maximum atomic E-state index is 14.3. The third-order valence-corrected chi connectivity index (χ3v) is 7.24. The van der Waals surface area contributed by atoms with Crippen molar-refractivity contribution in [2.45, 2.75) is 12.0 Å². The first-order valence-corrected chi connectivity index (χ1v) is 12.6. The van der Waals surface area contributed by atoms with Gasteiger partial charge >= 0.3 is 19.7 Å². The number of nitrogens with two attached hydrogens (primary N) is 1. The Kier molecular flexibility index (Phi) is 9.13. The van der Waals surface area contributed by atoms with Crippen LogP contribution in [0.3, 0.4) is 0 Å². The van der Waals surface area contributed by atoms with E-state index in [0.29, 0.717) is 30.5 Å². The molecule has 38 heavy (non-hydrogen) atoms. The predicted molar refractivity (Wildman–Crippen MR) is 132 cm³/mol. The SMILES string of the molecule is N=C(N)N1CC(C(Nc2ncccn2)P(=O)(Oc2ccccc2)Oc2ccccc2)C1.O=C(O)C(F)(F)F. The second-order valence-electron chi connectivity index (χ2n) is 7.86. The van der Waals surface area contributed by atoms with E-state index in [-0.39, 0.29) is 11.9 Å². The molecule has 1 aliphatic heterocycles. The molecule has 0 saturated carbocycles. The summed E-state index contributed by atoms with van der Waals surface area (Å²) in [7, 11) is -3.85.